The number of hydrogen-bond donors (Lipinski definition) is 1. The van der Waals surface area contributed by atoms with E-state index >= 15 is 0 Å². The minimum absolute atomic E-state index is 0.0800. The molecule has 0 unspecified atom stereocenters. The number of nitrogens with one attached hydrogen (secondary N) is 1. The molecule has 0 radical (unpaired) electrons. The maximum atomic E-state index is 12.4. The Hall–Kier alpha value is -3.18. The molecule has 3 rings (SSSR count). The van der Waals surface area contributed by atoms with Crippen LogP contribution in [0.5, 0.6) is 5.75 Å². The normalized spacial score (nSPS) is 10.6. The number of rotatable bonds is 12. The number of hydrogen-bond acceptors (Lipinski definition) is 9. The van der Waals surface area contributed by atoms with E-state index in [0.29, 0.717) is 35.6 Å². The summed E-state index contributed by atoms with van der Waals surface area (Å²) in [7, 11) is 1.63. The Labute approximate surface area is 200 Å². The van der Waals surface area contributed by atoms with Crippen LogP contribution in [0.1, 0.15) is 24.0 Å². The number of amides is 1. The number of anilines is 1. The fourth-order valence-corrected chi connectivity index (χ4v) is 4.38. The first-order valence-corrected chi connectivity index (χ1v) is 12.1. The number of benzene rings is 1. The molecule has 0 spiro atoms. The van der Waals surface area contributed by atoms with Crippen LogP contribution in [0, 0.1) is 0 Å². The van der Waals surface area contributed by atoms with Gasteiger partial charge in [0.05, 0.1) is 31.6 Å². The number of aromatic nitrogens is 4. The van der Waals surface area contributed by atoms with Gasteiger partial charge >= 0.3 is 5.97 Å². The fourth-order valence-electron chi connectivity index (χ4n) is 2.89. The highest BCUT2D eigenvalue weighted by Crippen LogP contribution is 2.21. The molecule has 0 fully saturated rings. The van der Waals surface area contributed by atoms with E-state index in [-0.39, 0.29) is 24.1 Å². The maximum Gasteiger partial charge on any atom is 0.311 e. The van der Waals surface area contributed by atoms with Gasteiger partial charge in [-0.05, 0) is 24.6 Å². The van der Waals surface area contributed by atoms with E-state index in [2.05, 4.69) is 27.1 Å². The Bertz CT molecular complexity index is 1090. The molecule has 1 amide bonds. The van der Waals surface area contributed by atoms with Crippen LogP contribution in [0.3, 0.4) is 0 Å². The summed E-state index contributed by atoms with van der Waals surface area (Å²) in [5.74, 6) is 1.16. The molecule has 9 nitrogen and oxygen atoms in total. The summed E-state index contributed by atoms with van der Waals surface area (Å²) in [6.45, 7) is 6.42. The van der Waals surface area contributed by atoms with E-state index in [9.17, 15) is 9.59 Å². The van der Waals surface area contributed by atoms with Crippen molar-refractivity contribution in [3.8, 4) is 5.75 Å². The average Bonchev–Trinajstić information content (AvgIpc) is 3.40. The highest BCUT2D eigenvalue weighted by Gasteiger charge is 2.15. The lowest BCUT2D eigenvalue weighted by Gasteiger charge is -2.08. The largest absolute Gasteiger partial charge is 0.497 e. The number of thiazole rings is 1. The maximum absolute atomic E-state index is 12.4. The molecule has 1 aromatic carbocycles. The van der Waals surface area contributed by atoms with Crippen LogP contribution >= 0.6 is 23.1 Å². The number of methoxy groups -OCH3 is 1. The molecule has 0 saturated heterocycles. The van der Waals surface area contributed by atoms with Gasteiger partial charge < -0.3 is 19.4 Å². The first kappa shape index (κ1) is 24.5. The summed E-state index contributed by atoms with van der Waals surface area (Å²) < 4.78 is 12.1. The Kier molecular flexibility index (Phi) is 9.02. The van der Waals surface area contributed by atoms with E-state index in [0.717, 1.165) is 17.1 Å². The molecule has 11 heteroatoms. The Morgan fingerprint density at radius 1 is 1.27 bits per heavy atom. The van der Waals surface area contributed by atoms with Crippen molar-refractivity contribution >= 4 is 40.1 Å². The number of ether oxygens (including phenoxy) is 2. The zero-order chi connectivity index (χ0) is 23.6. The highest BCUT2D eigenvalue weighted by atomic mass is 32.2. The van der Waals surface area contributed by atoms with Gasteiger partial charge in [-0.2, -0.15) is 0 Å². The van der Waals surface area contributed by atoms with Gasteiger partial charge in [-0.15, -0.1) is 28.1 Å². The third kappa shape index (κ3) is 7.16. The Balaban J connectivity index is 1.58. The van der Waals surface area contributed by atoms with Crippen molar-refractivity contribution in [2.45, 2.75) is 31.5 Å². The van der Waals surface area contributed by atoms with Crippen LogP contribution in [-0.4, -0.2) is 51.1 Å². The van der Waals surface area contributed by atoms with Gasteiger partial charge in [0.2, 0.25) is 5.91 Å². The summed E-state index contributed by atoms with van der Waals surface area (Å²) in [6, 6.07) is 7.77. The molecule has 0 aliphatic heterocycles. The van der Waals surface area contributed by atoms with Crippen molar-refractivity contribution in [1.29, 1.82) is 0 Å². The zero-order valence-electron chi connectivity index (χ0n) is 18.4. The highest BCUT2D eigenvalue weighted by molar-refractivity contribution is 7.99. The summed E-state index contributed by atoms with van der Waals surface area (Å²) >= 11 is 2.55. The van der Waals surface area contributed by atoms with E-state index in [1.54, 1.807) is 25.5 Å². The topological polar surface area (TPSA) is 108 Å². The first-order chi connectivity index (χ1) is 16.0. The van der Waals surface area contributed by atoms with Crippen molar-refractivity contribution in [2.75, 3.05) is 24.8 Å². The number of allylic oxidation sites excluding steroid dienone is 1. The molecule has 2 heterocycles. The van der Waals surface area contributed by atoms with Crippen LogP contribution in [0.25, 0.3) is 0 Å². The molecule has 0 bridgehead atoms. The van der Waals surface area contributed by atoms with E-state index in [1.165, 1.54) is 23.1 Å². The molecular formula is C22H25N5O4S2. The molecule has 174 valence electrons. The Morgan fingerprint density at radius 3 is 2.76 bits per heavy atom. The summed E-state index contributed by atoms with van der Waals surface area (Å²) in [5.41, 5.74) is 1.64. The molecule has 0 saturated carbocycles. The lowest BCUT2D eigenvalue weighted by molar-refractivity contribution is -0.142. The summed E-state index contributed by atoms with van der Waals surface area (Å²) in [4.78, 5) is 28.2. The van der Waals surface area contributed by atoms with Gasteiger partial charge in [-0.1, -0.05) is 30.0 Å². The minimum atomic E-state index is -0.344. The van der Waals surface area contributed by atoms with Crippen LogP contribution < -0.4 is 10.1 Å². The van der Waals surface area contributed by atoms with Gasteiger partial charge in [-0.3, -0.25) is 9.59 Å². The predicted molar refractivity (Wildman–Crippen MR) is 128 cm³/mol. The molecule has 1 N–H and O–H groups in total. The number of nitrogens with zero attached hydrogens (tertiary/aromatic N) is 4. The molecule has 2 aromatic heterocycles. The smallest absolute Gasteiger partial charge is 0.311 e. The van der Waals surface area contributed by atoms with Gasteiger partial charge in [-0.25, -0.2) is 4.98 Å². The minimum Gasteiger partial charge on any atom is -0.497 e. The second-order valence-corrected chi connectivity index (χ2v) is 8.59. The van der Waals surface area contributed by atoms with Crippen LogP contribution in [0.2, 0.25) is 0 Å². The van der Waals surface area contributed by atoms with E-state index in [4.69, 9.17) is 9.47 Å². The molecule has 0 aliphatic carbocycles. The standard InChI is InChI=1S/C22H25N5O4S2/c1-4-10-27-18(11-15-6-8-17(30-3)9-7-15)25-26-22(27)33-14-19(28)24-21-23-16(13-32-21)12-20(29)31-5-2/h4,6-9,13H,1,5,10-12,14H2,2-3H3,(H,23,24,28). The lowest BCUT2D eigenvalue weighted by Crippen LogP contribution is -2.15. The quantitative estimate of drug-likeness (QED) is 0.235. The molecule has 3 aromatic rings. The number of carbonyl (C=O) groups is 2. The van der Waals surface area contributed by atoms with Crippen LogP contribution in [0.15, 0.2) is 47.5 Å². The number of thioether (sulfide) groups is 1. The van der Waals surface area contributed by atoms with Crippen molar-refractivity contribution in [3.63, 3.8) is 0 Å². The Morgan fingerprint density at radius 2 is 2.06 bits per heavy atom. The van der Waals surface area contributed by atoms with Gasteiger partial charge in [0.25, 0.3) is 0 Å². The summed E-state index contributed by atoms with van der Waals surface area (Å²) in [6.07, 6.45) is 2.45. The predicted octanol–water partition coefficient (Wildman–Crippen LogP) is 3.36. The summed E-state index contributed by atoms with van der Waals surface area (Å²) in [5, 5.41) is 14.1. The monoisotopic (exact) mass is 487 g/mol. The van der Waals surface area contributed by atoms with E-state index in [1.807, 2.05) is 28.8 Å². The van der Waals surface area contributed by atoms with Gasteiger partial charge in [0.15, 0.2) is 10.3 Å². The van der Waals surface area contributed by atoms with Crippen molar-refractivity contribution < 1.29 is 19.1 Å². The van der Waals surface area contributed by atoms with Crippen molar-refractivity contribution in [3.05, 3.63) is 59.4 Å². The second kappa shape index (κ2) is 12.2. The molecular weight excluding hydrogens is 462 g/mol. The van der Waals surface area contributed by atoms with Crippen molar-refractivity contribution in [2.24, 2.45) is 0 Å². The third-order valence-electron chi connectivity index (χ3n) is 4.39. The number of esters is 1. The average molecular weight is 488 g/mol. The molecule has 0 aliphatic rings. The number of carbonyl (C=O) groups excluding carboxylic acids is 2. The zero-order valence-corrected chi connectivity index (χ0v) is 20.1. The van der Waals surface area contributed by atoms with E-state index < -0.39 is 0 Å². The van der Waals surface area contributed by atoms with Crippen LogP contribution in [-0.2, 0) is 33.7 Å². The van der Waals surface area contributed by atoms with Crippen molar-refractivity contribution in [1.82, 2.24) is 19.7 Å². The third-order valence-corrected chi connectivity index (χ3v) is 6.16. The first-order valence-electron chi connectivity index (χ1n) is 10.2. The molecule has 0 atom stereocenters. The van der Waals surface area contributed by atoms with Gasteiger partial charge in [0.1, 0.15) is 11.6 Å². The fraction of sp³-hybridized carbons (Fsp3) is 0.318. The van der Waals surface area contributed by atoms with Crippen LogP contribution in [0.4, 0.5) is 5.13 Å². The van der Waals surface area contributed by atoms with Gasteiger partial charge in [0, 0.05) is 18.3 Å². The SMILES string of the molecule is C=CCn1c(Cc2ccc(OC)cc2)nnc1SCC(=O)Nc1nc(CC(=O)OCC)cs1. The second-order valence-electron chi connectivity index (χ2n) is 6.79. The molecule has 33 heavy (non-hydrogen) atoms. The lowest BCUT2D eigenvalue weighted by atomic mass is 10.1.